The Hall–Kier alpha value is -1.00. The summed E-state index contributed by atoms with van der Waals surface area (Å²) in [5.74, 6) is 0.336. The maximum atomic E-state index is 12.2. The molecule has 0 atom stereocenters. The number of aromatic nitrogens is 1. The minimum atomic E-state index is -0.0394. The first-order valence-electron chi connectivity index (χ1n) is 7.23. The molecule has 1 amide bonds. The summed E-state index contributed by atoms with van der Waals surface area (Å²) in [6.07, 6.45) is 4.48. The van der Waals surface area contributed by atoms with Crippen LogP contribution in [0.4, 0.5) is 0 Å². The number of halogens is 2. The van der Waals surface area contributed by atoms with Gasteiger partial charge < -0.3 is 9.64 Å². The van der Waals surface area contributed by atoms with Gasteiger partial charge in [-0.25, -0.2) is 0 Å². The summed E-state index contributed by atoms with van der Waals surface area (Å²) in [4.78, 5) is 18.3. The molecule has 0 spiro atoms. The van der Waals surface area contributed by atoms with E-state index in [4.69, 9.17) is 27.9 Å². The number of hydrogen-bond donors (Lipinski definition) is 0. The number of aryl methyl sites for hydroxylation is 2. The van der Waals surface area contributed by atoms with Crippen molar-refractivity contribution < 1.29 is 9.53 Å². The summed E-state index contributed by atoms with van der Waals surface area (Å²) in [5.41, 5.74) is 1.30. The maximum Gasteiger partial charge on any atom is 0.260 e. The highest BCUT2D eigenvalue weighted by molar-refractivity contribution is 6.37. The molecule has 1 aliphatic rings. The Morgan fingerprint density at radius 2 is 1.62 bits per heavy atom. The van der Waals surface area contributed by atoms with Crippen LogP contribution in [0.2, 0.25) is 10.0 Å². The molecule has 0 N–H and O–H groups in total. The first-order chi connectivity index (χ1) is 10.0. The monoisotopic (exact) mass is 330 g/mol. The van der Waals surface area contributed by atoms with E-state index in [1.165, 1.54) is 12.8 Å². The lowest BCUT2D eigenvalue weighted by Crippen LogP contribution is -2.35. The van der Waals surface area contributed by atoms with Crippen LogP contribution in [0.3, 0.4) is 0 Å². The van der Waals surface area contributed by atoms with Gasteiger partial charge >= 0.3 is 0 Å². The molecule has 21 heavy (non-hydrogen) atoms. The lowest BCUT2D eigenvalue weighted by molar-refractivity contribution is -0.133. The molecule has 0 unspecified atom stereocenters. The number of carbonyl (C=O) groups is 1. The number of pyridine rings is 1. The molecule has 0 aliphatic carbocycles. The summed E-state index contributed by atoms with van der Waals surface area (Å²) < 4.78 is 5.59. The largest absolute Gasteiger partial charge is 0.480 e. The summed E-state index contributed by atoms with van der Waals surface area (Å²) in [7, 11) is 0. The van der Waals surface area contributed by atoms with Gasteiger partial charge in [-0.15, -0.1) is 0 Å². The molecule has 1 saturated heterocycles. The molecule has 0 radical (unpaired) electrons. The van der Waals surface area contributed by atoms with Gasteiger partial charge in [0.05, 0.1) is 11.4 Å². The Balaban J connectivity index is 2.04. The van der Waals surface area contributed by atoms with Crippen molar-refractivity contribution in [2.45, 2.75) is 39.5 Å². The minimum absolute atomic E-state index is 0.0175. The Labute approximate surface area is 135 Å². The van der Waals surface area contributed by atoms with Crippen LogP contribution in [0.25, 0.3) is 0 Å². The van der Waals surface area contributed by atoms with Crippen molar-refractivity contribution in [3.63, 3.8) is 0 Å². The van der Waals surface area contributed by atoms with E-state index in [9.17, 15) is 4.79 Å². The van der Waals surface area contributed by atoms with Gasteiger partial charge in [0, 0.05) is 13.1 Å². The van der Waals surface area contributed by atoms with Crippen LogP contribution in [-0.2, 0) is 4.79 Å². The molecule has 1 fully saturated rings. The van der Waals surface area contributed by atoms with Gasteiger partial charge in [0.1, 0.15) is 10.0 Å². The Morgan fingerprint density at radius 3 is 2.14 bits per heavy atom. The van der Waals surface area contributed by atoms with Gasteiger partial charge in [0.15, 0.2) is 12.4 Å². The van der Waals surface area contributed by atoms with Gasteiger partial charge in [-0.05, 0) is 26.7 Å². The predicted molar refractivity (Wildman–Crippen MR) is 84.3 cm³/mol. The molecule has 116 valence electrons. The molecule has 2 rings (SSSR count). The van der Waals surface area contributed by atoms with E-state index in [1.807, 2.05) is 4.90 Å². The highest BCUT2D eigenvalue weighted by atomic mass is 35.5. The zero-order chi connectivity index (χ0) is 15.4. The maximum absolute atomic E-state index is 12.2. The smallest absolute Gasteiger partial charge is 0.260 e. The van der Waals surface area contributed by atoms with Crippen LogP contribution in [0.15, 0.2) is 0 Å². The fraction of sp³-hybridized carbons (Fsp3) is 0.600. The molecule has 1 aromatic heterocycles. The molecular weight excluding hydrogens is 311 g/mol. The topological polar surface area (TPSA) is 42.4 Å². The second kappa shape index (κ2) is 7.32. The Bertz CT molecular complexity index is 501. The van der Waals surface area contributed by atoms with E-state index < -0.39 is 0 Å². The van der Waals surface area contributed by atoms with Crippen molar-refractivity contribution in [3.8, 4) is 5.75 Å². The predicted octanol–water partition coefficient (Wildman–Crippen LogP) is 3.79. The van der Waals surface area contributed by atoms with Crippen LogP contribution in [0, 0.1) is 13.8 Å². The molecular formula is C15H20Cl2N2O2. The minimum Gasteiger partial charge on any atom is -0.480 e. The average Bonchev–Trinajstić information content (AvgIpc) is 2.74. The normalized spacial score (nSPS) is 15.7. The summed E-state index contributed by atoms with van der Waals surface area (Å²) in [6, 6.07) is 0. The zero-order valence-corrected chi connectivity index (χ0v) is 13.9. The van der Waals surface area contributed by atoms with Crippen LogP contribution < -0.4 is 4.74 Å². The lowest BCUT2D eigenvalue weighted by atomic mass is 10.2. The van der Waals surface area contributed by atoms with Crippen molar-refractivity contribution >= 4 is 29.1 Å². The van der Waals surface area contributed by atoms with Crippen LogP contribution in [-0.4, -0.2) is 35.5 Å². The molecule has 2 heterocycles. The third kappa shape index (κ3) is 4.01. The van der Waals surface area contributed by atoms with E-state index in [1.54, 1.807) is 13.8 Å². The Kier molecular flexibility index (Phi) is 5.71. The number of nitrogens with zero attached hydrogens (tertiary/aromatic N) is 2. The van der Waals surface area contributed by atoms with E-state index in [-0.39, 0.29) is 12.5 Å². The molecule has 0 saturated carbocycles. The number of ether oxygens (including phenoxy) is 1. The van der Waals surface area contributed by atoms with Gasteiger partial charge in [-0.2, -0.15) is 0 Å². The van der Waals surface area contributed by atoms with Crippen LogP contribution in [0.1, 0.15) is 37.1 Å². The van der Waals surface area contributed by atoms with Crippen molar-refractivity contribution in [1.29, 1.82) is 0 Å². The quantitative estimate of drug-likeness (QED) is 0.846. The first-order valence-corrected chi connectivity index (χ1v) is 7.99. The summed E-state index contributed by atoms with van der Waals surface area (Å²) >= 11 is 12.3. The number of hydrogen-bond acceptors (Lipinski definition) is 3. The average molecular weight is 331 g/mol. The zero-order valence-electron chi connectivity index (χ0n) is 12.4. The number of rotatable bonds is 3. The summed E-state index contributed by atoms with van der Waals surface area (Å²) in [6.45, 7) is 5.14. The van der Waals surface area contributed by atoms with Gasteiger partial charge in [0.25, 0.3) is 5.91 Å². The number of likely N-dealkylation sites (tertiary alicyclic amines) is 1. The second-order valence-corrected chi connectivity index (χ2v) is 6.08. The van der Waals surface area contributed by atoms with E-state index >= 15 is 0 Å². The molecule has 0 bridgehead atoms. The molecule has 1 aliphatic heterocycles. The number of amides is 1. The van der Waals surface area contributed by atoms with Gasteiger partial charge in [-0.3, -0.25) is 9.78 Å². The SMILES string of the molecule is Cc1nc(C)c(Cl)c(OCC(=O)N2CCCCCC2)c1Cl. The highest BCUT2D eigenvalue weighted by Gasteiger charge is 2.19. The number of carbonyl (C=O) groups excluding carboxylic acids is 1. The third-order valence-electron chi connectivity index (χ3n) is 3.67. The van der Waals surface area contributed by atoms with Crippen molar-refractivity contribution in [2.75, 3.05) is 19.7 Å². The molecule has 4 nitrogen and oxygen atoms in total. The van der Waals surface area contributed by atoms with Crippen molar-refractivity contribution in [3.05, 3.63) is 21.4 Å². The van der Waals surface area contributed by atoms with Gasteiger partial charge in [0.2, 0.25) is 0 Å². The van der Waals surface area contributed by atoms with E-state index in [0.29, 0.717) is 27.2 Å². The molecule has 0 aromatic carbocycles. The lowest BCUT2D eigenvalue weighted by Gasteiger charge is -2.21. The van der Waals surface area contributed by atoms with E-state index in [2.05, 4.69) is 4.98 Å². The Morgan fingerprint density at radius 1 is 1.10 bits per heavy atom. The van der Waals surface area contributed by atoms with E-state index in [0.717, 1.165) is 25.9 Å². The van der Waals surface area contributed by atoms with Crippen molar-refractivity contribution in [1.82, 2.24) is 9.88 Å². The van der Waals surface area contributed by atoms with Crippen molar-refractivity contribution in [2.24, 2.45) is 0 Å². The van der Waals surface area contributed by atoms with Gasteiger partial charge in [-0.1, -0.05) is 36.0 Å². The first kappa shape index (κ1) is 16.4. The fourth-order valence-electron chi connectivity index (χ4n) is 2.45. The van der Waals surface area contributed by atoms with Crippen LogP contribution >= 0.6 is 23.2 Å². The van der Waals surface area contributed by atoms with Crippen LogP contribution in [0.5, 0.6) is 5.75 Å². The summed E-state index contributed by atoms with van der Waals surface area (Å²) in [5, 5.41) is 0.739. The molecule has 6 heteroatoms. The fourth-order valence-corrected chi connectivity index (χ4v) is 2.88. The highest BCUT2D eigenvalue weighted by Crippen LogP contribution is 2.36. The molecule has 1 aromatic rings. The third-order valence-corrected chi connectivity index (χ3v) is 4.56. The second-order valence-electron chi connectivity index (χ2n) is 5.32. The standard InChI is InChI=1S/C15H20Cl2N2O2/c1-10-13(16)15(14(17)11(2)18-10)21-9-12(20)19-7-5-3-4-6-8-19/h3-9H2,1-2H3.